The molecule has 2 aromatic carbocycles. The van der Waals surface area contributed by atoms with Gasteiger partial charge < -0.3 is 0 Å². The molecule has 0 nitrogen and oxygen atoms in total. The van der Waals surface area contributed by atoms with Crippen molar-refractivity contribution >= 4 is 43.6 Å². The molecule has 0 amide bonds. The number of fused-ring (bicyclic) bond motifs is 3. The van der Waals surface area contributed by atoms with Crippen molar-refractivity contribution in [2.24, 2.45) is 0 Å². The molecule has 1 heterocycles. The molecule has 0 atom stereocenters. The summed E-state index contributed by atoms with van der Waals surface area (Å²) in [7, 11) is 0. The van der Waals surface area contributed by atoms with Crippen LogP contribution in [0.5, 0.6) is 0 Å². The lowest BCUT2D eigenvalue weighted by atomic mass is 9.97. The first-order valence-electron chi connectivity index (χ1n) is 5.39. The lowest BCUT2D eigenvalue weighted by Crippen LogP contribution is -1.88. The van der Waals surface area contributed by atoms with E-state index in [1.54, 1.807) is 0 Å². The number of hydrogen-bond donors (Lipinski definition) is 0. The van der Waals surface area contributed by atoms with Gasteiger partial charge in [-0.2, -0.15) is 11.8 Å². The fourth-order valence-corrected chi connectivity index (χ4v) is 3.89. The van der Waals surface area contributed by atoms with Gasteiger partial charge in [0.05, 0.1) is 0 Å². The topological polar surface area (TPSA) is 0 Å². The van der Waals surface area contributed by atoms with E-state index in [1.807, 2.05) is 11.8 Å². The number of thioether (sulfide) groups is 1. The van der Waals surface area contributed by atoms with Crippen LogP contribution in [-0.4, -0.2) is 0 Å². The fraction of sp³-hybridized carbons (Fsp3) is 0.143. The van der Waals surface area contributed by atoms with Gasteiger partial charge in [-0.25, -0.2) is 0 Å². The summed E-state index contributed by atoms with van der Waals surface area (Å²) in [6.45, 7) is 0. The Morgan fingerprint density at radius 2 is 1.24 bits per heavy atom. The summed E-state index contributed by atoms with van der Waals surface area (Å²) in [4.78, 5) is 0. The predicted molar refractivity (Wildman–Crippen MR) is 82.3 cm³/mol. The van der Waals surface area contributed by atoms with E-state index in [4.69, 9.17) is 0 Å². The number of halogens is 2. The summed E-state index contributed by atoms with van der Waals surface area (Å²) in [5.74, 6) is 2.18. The van der Waals surface area contributed by atoms with Gasteiger partial charge in [0.1, 0.15) is 0 Å². The number of hydrogen-bond acceptors (Lipinski definition) is 1. The number of rotatable bonds is 0. The normalized spacial score (nSPS) is 13.8. The van der Waals surface area contributed by atoms with Crippen molar-refractivity contribution < 1.29 is 0 Å². The van der Waals surface area contributed by atoms with Gasteiger partial charge in [0.15, 0.2) is 0 Å². The highest BCUT2D eigenvalue weighted by Crippen LogP contribution is 2.38. The quantitative estimate of drug-likeness (QED) is 0.580. The minimum Gasteiger partial charge on any atom is -0.152 e. The zero-order valence-electron chi connectivity index (χ0n) is 9.04. The Balaban J connectivity index is 2.28. The highest BCUT2D eigenvalue weighted by molar-refractivity contribution is 9.10. The standard InChI is InChI=1S/C14H10Br2S/c15-11-3-1-9-7-17-8-10-2-4-12(16)6-14(10)13(9)5-11/h1-6H,7-8H2. The van der Waals surface area contributed by atoms with E-state index in [-0.39, 0.29) is 0 Å². The summed E-state index contributed by atoms with van der Waals surface area (Å²) >= 11 is 9.12. The molecule has 86 valence electrons. The second-order valence-electron chi connectivity index (χ2n) is 4.10. The molecule has 0 spiro atoms. The molecule has 0 unspecified atom stereocenters. The largest absolute Gasteiger partial charge is 0.152 e. The van der Waals surface area contributed by atoms with Crippen LogP contribution in [0.25, 0.3) is 11.1 Å². The van der Waals surface area contributed by atoms with Crippen LogP contribution in [-0.2, 0) is 11.5 Å². The zero-order valence-corrected chi connectivity index (χ0v) is 13.0. The van der Waals surface area contributed by atoms with E-state index in [2.05, 4.69) is 68.3 Å². The zero-order chi connectivity index (χ0) is 11.8. The van der Waals surface area contributed by atoms with Crippen molar-refractivity contribution in [3.8, 4) is 11.1 Å². The first kappa shape index (κ1) is 11.8. The van der Waals surface area contributed by atoms with Crippen molar-refractivity contribution in [1.82, 2.24) is 0 Å². The maximum atomic E-state index is 3.57. The molecule has 0 fully saturated rings. The number of benzene rings is 2. The molecule has 1 aliphatic heterocycles. The van der Waals surface area contributed by atoms with E-state index < -0.39 is 0 Å². The van der Waals surface area contributed by atoms with Crippen molar-refractivity contribution in [2.75, 3.05) is 0 Å². The summed E-state index contributed by atoms with van der Waals surface area (Å²) in [6, 6.07) is 13.2. The van der Waals surface area contributed by atoms with E-state index in [1.165, 1.54) is 22.3 Å². The average Bonchev–Trinajstić information content (AvgIpc) is 2.48. The molecule has 2 aromatic rings. The smallest absolute Gasteiger partial charge is 0.0194 e. The van der Waals surface area contributed by atoms with Crippen LogP contribution >= 0.6 is 43.6 Å². The summed E-state index contributed by atoms with van der Waals surface area (Å²) in [6.07, 6.45) is 0. The third kappa shape index (κ3) is 2.33. The molecule has 0 N–H and O–H groups in total. The summed E-state index contributed by atoms with van der Waals surface area (Å²) in [5.41, 5.74) is 5.58. The minimum atomic E-state index is 1.09. The minimum absolute atomic E-state index is 1.09. The van der Waals surface area contributed by atoms with Gasteiger partial charge in [-0.3, -0.25) is 0 Å². The molecule has 0 aromatic heterocycles. The van der Waals surface area contributed by atoms with Crippen LogP contribution in [0, 0.1) is 0 Å². The third-order valence-corrected chi connectivity index (χ3v) is 4.97. The molecule has 0 bridgehead atoms. The Kier molecular flexibility index (Phi) is 3.33. The highest BCUT2D eigenvalue weighted by atomic mass is 79.9. The van der Waals surface area contributed by atoms with Crippen molar-refractivity contribution in [3.63, 3.8) is 0 Å². The van der Waals surface area contributed by atoms with E-state index >= 15 is 0 Å². The first-order valence-corrected chi connectivity index (χ1v) is 8.13. The van der Waals surface area contributed by atoms with Crippen LogP contribution in [0.1, 0.15) is 11.1 Å². The van der Waals surface area contributed by atoms with Crippen molar-refractivity contribution in [2.45, 2.75) is 11.5 Å². The molecule has 1 aliphatic rings. The van der Waals surface area contributed by atoms with Crippen molar-refractivity contribution in [3.05, 3.63) is 56.5 Å². The monoisotopic (exact) mass is 368 g/mol. The van der Waals surface area contributed by atoms with Crippen LogP contribution in [0.15, 0.2) is 45.3 Å². The van der Waals surface area contributed by atoms with Gasteiger partial charge in [0, 0.05) is 20.5 Å². The molecule has 0 radical (unpaired) electrons. The fourth-order valence-electron chi connectivity index (χ4n) is 2.12. The molecule has 3 rings (SSSR count). The maximum absolute atomic E-state index is 3.57. The molecular formula is C14H10Br2S. The Morgan fingerprint density at radius 1 is 0.765 bits per heavy atom. The van der Waals surface area contributed by atoms with Gasteiger partial charge in [0.2, 0.25) is 0 Å². The van der Waals surface area contributed by atoms with Gasteiger partial charge in [-0.15, -0.1) is 0 Å². The summed E-state index contributed by atoms with van der Waals surface area (Å²) < 4.78 is 2.29. The Morgan fingerprint density at radius 3 is 1.71 bits per heavy atom. The lowest BCUT2D eigenvalue weighted by Gasteiger charge is -2.09. The van der Waals surface area contributed by atoms with Gasteiger partial charge in [-0.05, 0) is 46.5 Å². The molecule has 0 aliphatic carbocycles. The van der Waals surface area contributed by atoms with Crippen LogP contribution < -0.4 is 0 Å². The van der Waals surface area contributed by atoms with Crippen molar-refractivity contribution in [1.29, 1.82) is 0 Å². The second kappa shape index (κ2) is 4.79. The average molecular weight is 370 g/mol. The lowest BCUT2D eigenvalue weighted by molar-refractivity contribution is 1.40. The molecule has 0 saturated heterocycles. The maximum Gasteiger partial charge on any atom is 0.0194 e. The van der Waals surface area contributed by atoms with Crippen LogP contribution in [0.4, 0.5) is 0 Å². The van der Waals surface area contributed by atoms with Gasteiger partial charge >= 0.3 is 0 Å². The molecule has 0 saturated carbocycles. The molecular weight excluding hydrogens is 360 g/mol. The molecule has 17 heavy (non-hydrogen) atoms. The Hall–Kier alpha value is -0.250. The van der Waals surface area contributed by atoms with Gasteiger partial charge in [-0.1, -0.05) is 44.0 Å². The Labute approximate surface area is 122 Å². The van der Waals surface area contributed by atoms with E-state index in [0.717, 1.165) is 20.5 Å². The summed E-state index contributed by atoms with van der Waals surface area (Å²) in [5, 5.41) is 0. The highest BCUT2D eigenvalue weighted by Gasteiger charge is 2.14. The second-order valence-corrected chi connectivity index (χ2v) is 6.91. The third-order valence-electron chi connectivity index (χ3n) is 2.95. The van der Waals surface area contributed by atoms with E-state index in [9.17, 15) is 0 Å². The molecule has 3 heteroatoms. The van der Waals surface area contributed by atoms with Crippen LogP contribution in [0.2, 0.25) is 0 Å². The van der Waals surface area contributed by atoms with E-state index in [0.29, 0.717) is 0 Å². The SMILES string of the molecule is Brc1ccc2c(c1)-c1cc(Br)ccc1CSC2. The van der Waals surface area contributed by atoms with Gasteiger partial charge in [0.25, 0.3) is 0 Å². The predicted octanol–water partition coefficient (Wildman–Crippen LogP) is 5.63. The first-order chi connectivity index (χ1) is 8.24. The Bertz CT molecular complexity index is 527. The van der Waals surface area contributed by atoms with Crippen LogP contribution in [0.3, 0.4) is 0 Å².